The number of benzene rings is 1. The Bertz CT molecular complexity index is 948. The van der Waals surface area contributed by atoms with Gasteiger partial charge in [0.15, 0.2) is 10.8 Å². The molecule has 1 N–H and O–H groups in total. The molecule has 4 nitrogen and oxygen atoms in total. The Morgan fingerprint density at radius 3 is 3.00 bits per heavy atom. The zero-order valence-corrected chi connectivity index (χ0v) is 16.6. The van der Waals surface area contributed by atoms with Crippen LogP contribution in [0.2, 0.25) is 0 Å². The van der Waals surface area contributed by atoms with E-state index in [1.165, 1.54) is 6.42 Å². The van der Waals surface area contributed by atoms with Gasteiger partial charge in [0.25, 0.3) is 0 Å². The molecule has 3 aromatic rings. The summed E-state index contributed by atoms with van der Waals surface area (Å²) in [6.45, 7) is 0.426. The van der Waals surface area contributed by atoms with Gasteiger partial charge in [-0.05, 0) is 55.9 Å². The van der Waals surface area contributed by atoms with Crippen molar-refractivity contribution in [2.75, 3.05) is 0 Å². The average Bonchev–Trinajstić information content (AvgIpc) is 3.40. The third-order valence-corrected chi connectivity index (χ3v) is 8.13. The number of nitrogens with zero attached hydrogens (tertiary/aromatic N) is 1. The number of carbonyl (C=O) groups excluding carboxylic acids is 1. The molecule has 2 aromatic heterocycles. The number of hydrogen-bond acceptors (Lipinski definition) is 4. The molecule has 2 heterocycles. The number of amides is 1. The summed E-state index contributed by atoms with van der Waals surface area (Å²) < 4.78 is 7.08. The van der Waals surface area contributed by atoms with Crippen LogP contribution < -0.4 is 5.32 Å². The van der Waals surface area contributed by atoms with Crippen LogP contribution in [0.4, 0.5) is 0 Å². The maximum absolute atomic E-state index is 12.8. The number of hydrogen-bond donors (Lipinski definition) is 1. The first-order chi connectivity index (χ1) is 12.6. The smallest absolute Gasteiger partial charge is 0.227 e. The molecule has 2 bridgehead atoms. The van der Waals surface area contributed by atoms with Crippen molar-refractivity contribution >= 4 is 43.4 Å². The van der Waals surface area contributed by atoms with E-state index in [1.807, 2.05) is 30.3 Å². The van der Waals surface area contributed by atoms with Crippen molar-refractivity contribution in [3.05, 3.63) is 42.2 Å². The Balaban J connectivity index is 1.29. The van der Waals surface area contributed by atoms with E-state index in [4.69, 9.17) is 4.42 Å². The molecule has 6 heteroatoms. The lowest BCUT2D eigenvalue weighted by atomic mass is 9.83. The predicted molar refractivity (Wildman–Crippen MR) is 106 cm³/mol. The number of rotatable bonds is 4. The largest absolute Gasteiger partial charge is 0.457 e. The lowest BCUT2D eigenvalue weighted by Gasteiger charge is -2.29. The molecule has 0 spiro atoms. The maximum atomic E-state index is 12.8. The minimum absolute atomic E-state index is 0.164. The highest BCUT2D eigenvalue weighted by molar-refractivity contribution is 9.09. The summed E-state index contributed by atoms with van der Waals surface area (Å²) in [5, 5.41) is 3.97. The summed E-state index contributed by atoms with van der Waals surface area (Å²) >= 11 is 5.36. The SMILES string of the molecule is O=C(NCc1ccc(-c2nc3ccccc3s2)o1)[C@]12CC[C@@H](C[C@@H]1Br)C2. The molecular formula is C20H19BrN2O2S. The standard InChI is InChI=1S/C20H19BrN2O2S/c21-17-9-12-7-8-20(17,10-12)19(24)22-11-13-5-6-15(25-13)18-23-14-3-1-2-4-16(14)26-18/h1-6,12,17H,7-11H2,(H,22,24)/t12-,17-,20-/m0/s1. The Kier molecular flexibility index (Phi) is 3.94. The summed E-state index contributed by atoms with van der Waals surface area (Å²) in [4.78, 5) is 17.7. The van der Waals surface area contributed by atoms with E-state index in [2.05, 4.69) is 32.3 Å². The first kappa shape index (κ1) is 16.5. The third kappa shape index (κ3) is 2.62. The Hall–Kier alpha value is -1.66. The number of para-hydroxylation sites is 1. The zero-order valence-electron chi connectivity index (χ0n) is 14.2. The van der Waals surface area contributed by atoms with Crippen LogP contribution in [0.15, 0.2) is 40.8 Å². The molecule has 0 aliphatic heterocycles. The van der Waals surface area contributed by atoms with Crippen molar-refractivity contribution in [2.24, 2.45) is 11.3 Å². The van der Waals surface area contributed by atoms with Crippen LogP contribution in [-0.2, 0) is 11.3 Å². The van der Waals surface area contributed by atoms with Crippen molar-refractivity contribution in [3.8, 4) is 10.8 Å². The molecule has 26 heavy (non-hydrogen) atoms. The quantitative estimate of drug-likeness (QED) is 0.583. The van der Waals surface area contributed by atoms with E-state index in [0.29, 0.717) is 17.3 Å². The molecule has 1 aromatic carbocycles. The Morgan fingerprint density at radius 1 is 1.35 bits per heavy atom. The molecule has 2 saturated carbocycles. The molecule has 2 fully saturated rings. The van der Waals surface area contributed by atoms with Crippen LogP contribution >= 0.6 is 27.3 Å². The first-order valence-corrected chi connectivity index (χ1v) is 10.7. The normalized spacial score (nSPS) is 27.3. The van der Waals surface area contributed by atoms with Gasteiger partial charge >= 0.3 is 0 Å². The summed E-state index contributed by atoms with van der Waals surface area (Å²) in [7, 11) is 0. The van der Waals surface area contributed by atoms with Crippen LogP contribution in [0.3, 0.4) is 0 Å². The summed E-state index contributed by atoms with van der Waals surface area (Å²) in [6.07, 6.45) is 4.31. The number of furan rings is 1. The number of nitrogens with one attached hydrogen (secondary N) is 1. The van der Waals surface area contributed by atoms with Gasteiger partial charge in [-0.25, -0.2) is 4.98 Å². The molecule has 2 aliphatic carbocycles. The topological polar surface area (TPSA) is 55.1 Å². The molecule has 0 unspecified atom stereocenters. The highest BCUT2D eigenvalue weighted by atomic mass is 79.9. The van der Waals surface area contributed by atoms with E-state index >= 15 is 0 Å². The van der Waals surface area contributed by atoms with Gasteiger partial charge in [-0.3, -0.25) is 4.79 Å². The van der Waals surface area contributed by atoms with Gasteiger partial charge in [-0.15, -0.1) is 11.3 Å². The van der Waals surface area contributed by atoms with Crippen molar-refractivity contribution in [2.45, 2.75) is 37.1 Å². The average molecular weight is 431 g/mol. The summed E-state index contributed by atoms with van der Waals surface area (Å²) in [5.74, 6) is 2.40. The fourth-order valence-corrected chi connectivity index (χ4v) is 6.52. The number of aromatic nitrogens is 1. The second-order valence-corrected chi connectivity index (χ2v) is 9.54. The summed E-state index contributed by atoms with van der Waals surface area (Å²) in [5.41, 5.74) is 0.769. The van der Waals surface area contributed by atoms with Gasteiger partial charge in [-0.1, -0.05) is 28.1 Å². The molecule has 3 atom stereocenters. The van der Waals surface area contributed by atoms with Crippen LogP contribution in [0.5, 0.6) is 0 Å². The molecule has 5 rings (SSSR count). The molecule has 1 amide bonds. The third-order valence-electron chi connectivity index (χ3n) is 5.83. The highest BCUT2D eigenvalue weighted by Crippen LogP contribution is 2.57. The van der Waals surface area contributed by atoms with E-state index < -0.39 is 0 Å². The van der Waals surface area contributed by atoms with Crippen LogP contribution in [0, 0.1) is 11.3 Å². The van der Waals surface area contributed by atoms with E-state index in [1.54, 1.807) is 11.3 Å². The molecule has 0 saturated heterocycles. The number of thiazole rings is 1. The lowest BCUT2D eigenvalue weighted by Crippen LogP contribution is -2.43. The molecule has 0 radical (unpaired) electrons. The number of halogens is 1. The number of carbonyl (C=O) groups is 1. The minimum atomic E-state index is -0.215. The van der Waals surface area contributed by atoms with Crippen LogP contribution in [0.1, 0.15) is 31.4 Å². The van der Waals surface area contributed by atoms with Gasteiger partial charge in [0.1, 0.15) is 5.76 Å². The van der Waals surface area contributed by atoms with Crippen molar-refractivity contribution in [1.82, 2.24) is 10.3 Å². The number of alkyl halides is 1. The lowest BCUT2D eigenvalue weighted by molar-refractivity contribution is -0.130. The fourth-order valence-electron chi connectivity index (χ4n) is 4.44. The minimum Gasteiger partial charge on any atom is -0.457 e. The second kappa shape index (κ2) is 6.20. The fraction of sp³-hybridized carbons (Fsp3) is 0.400. The van der Waals surface area contributed by atoms with Crippen molar-refractivity contribution in [3.63, 3.8) is 0 Å². The van der Waals surface area contributed by atoms with Gasteiger partial charge in [-0.2, -0.15) is 0 Å². The van der Waals surface area contributed by atoms with Crippen LogP contribution in [-0.4, -0.2) is 15.7 Å². The van der Waals surface area contributed by atoms with E-state index in [0.717, 1.165) is 46.0 Å². The van der Waals surface area contributed by atoms with E-state index in [-0.39, 0.29) is 11.3 Å². The summed E-state index contributed by atoms with van der Waals surface area (Å²) in [6, 6.07) is 11.9. The zero-order chi connectivity index (χ0) is 17.7. The van der Waals surface area contributed by atoms with Gasteiger partial charge in [0.2, 0.25) is 5.91 Å². The van der Waals surface area contributed by atoms with Crippen molar-refractivity contribution < 1.29 is 9.21 Å². The van der Waals surface area contributed by atoms with Gasteiger partial charge < -0.3 is 9.73 Å². The first-order valence-electron chi connectivity index (χ1n) is 9.01. The van der Waals surface area contributed by atoms with Crippen molar-refractivity contribution in [1.29, 1.82) is 0 Å². The molecular weight excluding hydrogens is 412 g/mol. The molecule has 2 aliphatic rings. The predicted octanol–water partition coefficient (Wildman–Crippen LogP) is 5.13. The Morgan fingerprint density at radius 2 is 2.23 bits per heavy atom. The Labute approximate surface area is 164 Å². The van der Waals surface area contributed by atoms with Gasteiger partial charge in [0, 0.05) is 4.83 Å². The van der Waals surface area contributed by atoms with Gasteiger partial charge in [0.05, 0.1) is 22.2 Å². The maximum Gasteiger partial charge on any atom is 0.227 e. The highest BCUT2D eigenvalue weighted by Gasteiger charge is 2.55. The monoisotopic (exact) mass is 430 g/mol. The number of fused-ring (bicyclic) bond motifs is 3. The van der Waals surface area contributed by atoms with E-state index in [9.17, 15) is 4.79 Å². The molecule has 134 valence electrons. The van der Waals surface area contributed by atoms with Crippen LogP contribution in [0.25, 0.3) is 21.0 Å². The second-order valence-electron chi connectivity index (χ2n) is 7.40.